The Morgan fingerprint density at radius 2 is 1.55 bits per heavy atom. The summed E-state index contributed by atoms with van der Waals surface area (Å²) in [5.74, 6) is -0.947. The molecule has 0 heterocycles. The summed E-state index contributed by atoms with van der Waals surface area (Å²) < 4.78 is 0. The van der Waals surface area contributed by atoms with Gasteiger partial charge in [-0.15, -0.1) is 0 Å². The van der Waals surface area contributed by atoms with Crippen LogP contribution in [-0.4, -0.2) is 11.1 Å². The number of carboxylic acid groups (broad SMARTS) is 1. The van der Waals surface area contributed by atoms with Gasteiger partial charge in [0.2, 0.25) is 0 Å². The number of benzene rings is 2. The van der Waals surface area contributed by atoms with Crippen molar-refractivity contribution in [3.05, 3.63) is 89.5 Å². The first-order chi connectivity index (χ1) is 9.66. The highest BCUT2D eigenvalue weighted by Gasteiger charge is 2.03. The van der Waals surface area contributed by atoms with Crippen molar-refractivity contribution in [1.29, 1.82) is 0 Å². The highest BCUT2D eigenvalue weighted by Crippen LogP contribution is 2.23. The molecule has 0 spiro atoms. The predicted octanol–water partition coefficient (Wildman–Crippen LogP) is 4.07. The Bertz CT molecular complexity index is 635. The number of allylic oxidation sites excluding steroid dienone is 2. The zero-order valence-electron chi connectivity index (χ0n) is 11.3. The van der Waals surface area contributed by atoms with Gasteiger partial charge in [-0.1, -0.05) is 72.3 Å². The molecule has 0 amide bonds. The summed E-state index contributed by atoms with van der Waals surface area (Å²) in [6.45, 7) is 2.04. The van der Waals surface area contributed by atoms with Crippen molar-refractivity contribution in [1.82, 2.24) is 0 Å². The summed E-state index contributed by atoms with van der Waals surface area (Å²) in [5.41, 5.74) is 4.33. The number of aliphatic carboxylic acids is 1. The van der Waals surface area contributed by atoms with Gasteiger partial charge in [0.05, 0.1) is 0 Å². The van der Waals surface area contributed by atoms with Crippen molar-refractivity contribution in [2.45, 2.75) is 6.92 Å². The second-order valence-electron chi connectivity index (χ2n) is 4.51. The fraction of sp³-hybridized carbons (Fsp3) is 0.0556. The van der Waals surface area contributed by atoms with Crippen LogP contribution in [0.1, 0.15) is 16.7 Å². The summed E-state index contributed by atoms with van der Waals surface area (Å²) in [5, 5.41) is 8.69. The number of hydrogen-bond donors (Lipinski definition) is 1. The van der Waals surface area contributed by atoms with E-state index >= 15 is 0 Å². The number of carbonyl (C=O) groups is 1. The maximum atomic E-state index is 10.6. The molecule has 2 heteroatoms. The Kier molecular flexibility index (Phi) is 4.51. The van der Waals surface area contributed by atoms with Crippen molar-refractivity contribution in [2.75, 3.05) is 0 Å². The Morgan fingerprint density at radius 1 is 0.950 bits per heavy atom. The van der Waals surface area contributed by atoms with Crippen molar-refractivity contribution in [3.8, 4) is 0 Å². The van der Waals surface area contributed by atoms with Crippen LogP contribution in [0.3, 0.4) is 0 Å². The van der Waals surface area contributed by atoms with E-state index in [0.29, 0.717) is 0 Å². The summed E-state index contributed by atoms with van der Waals surface area (Å²) in [6.07, 6.45) is 4.52. The van der Waals surface area contributed by atoms with Gasteiger partial charge >= 0.3 is 5.97 Å². The Hall–Kier alpha value is -2.61. The minimum atomic E-state index is -0.947. The van der Waals surface area contributed by atoms with Gasteiger partial charge < -0.3 is 5.11 Å². The van der Waals surface area contributed by atoms with Crippen LogP contribution in [0.5, 0.6) is 0 Å². The number of carboxylic acids is 1. The number of hydrogen-bond acceptors (Lipinski definition) is 1. The first kappa shape index (κ1) is 13.8. The first-order valence-electron chi connectivity index (χ1n) is 6.40. The summed E-state index contributed by atoms with van der Waals surface area (Å²) in [6, 6.07) is 18.1. The van der Waals surface area contributed by atoms with Gasteiger partial charge in [0.25, 0.3) is 0 Å². The second kappa shape index (κ2) is 6.53. The van der Waals surface area contributed by atoms with E-state index in [1.54, 1.807) is 6.08 Å². The molecule has 0 aliphatic carbocycles. The van der Waals surface area contributed by atoms with Crippen LogP contribution in [0.25, 0.3) is 5.57 Å². The molecule has 100 valence electrons. The molecule has 2 aromatic rings. The van der Waals surface area contributed by atoms with Crippen LogP contribution in [0.2, 0.25) is 0 Å². The van der Waals surface area contributed by atoms with Crippen molar-refractivity contribution < 1.29 is 9.90 Å². The van der Waals surface area contributed by atoms with Crippen molar-refractivity contribution >= 4 is 11.5 Å². The lowest BCUT2D eigenvalue weighted by Crippen LogP contribution is -1.89. The number of aryl methyl sites for hydroxylation is 1. The van der Waals surface area contributed by atoms with Gasteiger partial charge in [-0.05, 0) is 23.6 Å². The van der Waals surface area contributed by atoms with E-state index in [9.17, 15) is 4.79 Å². The van der Waals surface area contributed by atoms with E-state index in [4.69, 9.17) is 5.11 Å². The molecular weight excluding hydrogens is 248 g/mol. The molecular formula is C18H16O2. The molecule has 0 aliphatic rings. The third-order valence-electron chi connectivity index (χ3n) is 2.95. The molecule has 0 unspecified atom stereocenters. The van der Waals surface area contributed by atoms with Crippen LogP contribution in [0.15, 0.2) is 72.8 Å². The van der Waals surface area contributed by atoms with Crippen LogP contribution >= 0.6 is 0 Å². The average molecular weight is 264 g/mol. The monoisotopic (exact) mass is 264 g/mol. The molecule has 1 N–H and O–H groups in total. The normalized spacial score (nSPS) is 11.8. The molecule has 0 radical (unpaired) electrons. The van der Waals surface area contributed by atoms with Crippen LogP contribution in [0.4, 0.5) is 0 Å². The molecule has 0 saturated heterocycles. The quantitative estimate of drug-likeness (QED) is 0.667. The average Bonchev–Trinajstić information content (AvgIpc) is 2.46. The standard InChI is InChI=1S/C18H16O2/c1-14-10-12-16(13-11-14)17(8-5-9-18(19)20)15-6-3-2-4-7-15/h2-13H,1H3,(H,19,20). The lowest BCUT2D eigenvalue weighted by molar-refractivity contribution is -0.131. The highest BCUT2D eigenvalue weighted by molar-refractivity contribution is 5.84. The third kappa shape index (κ3) is 3.69. The van der Waals surface area contributed by atoms with Gasteiger partial charge in [0.15, 0.2) is 0 Å². The summed E-state index contributed by atoms with van der Waals surface area (Å²) >= 11 is 0. The maximum Gasteiger partial charge on any atom is 0.328 e. The molecule has 0 atom stereocenters. The van der Waals surface area contributed by atoms with E-state index < -0.39 is 5.97 Å². The minimum Gasteiger partial charge on any atom is -0.478 e. The molecule has 2 aromatic carbocycles. The van der Waals surface area contributed by atoms with Gasteiger partial charge in [-0.3, -0.25) is 0 Å². The van der Waals surface area contributed by atoms with E-state index in [0.717, 1.165) is 22.8 Å². The molecule has 0 aliphatic heterocycles. The molecule has 2 nitrogen and oxygen atoms in total. The predicted molar refractivity (Wildman–Crippen MR) is 81.5 cm³/mol. The highest BCUT2D eigenvalue weighted by atomic mass is 16.4. The van der Waals surface area contributed by atoms with Crippen LogP contribution in [-0.2, 0) is 4.79 Å². The van der Waals surface area contributed by atoms with E-state index in [1.165, 1.54) is 5.56 Å². The van der Waals surface area contributed by atoms with E-state index in [-0.39, 0.29) is 0 Å². The van der Waals surface area contributed by atoms with Gasteiger partial charge in [-0.2, -0.15) is 0 Å². The summed E-state index contributed by atoms with van der Waals surface area (Å²) in [4.78, 5) is 10.6. The topological polar surface area (TPSA) is 37.3 Å². The minimum absolute atomic E-state index is 0.947. The second-order valence-corrected chi connectivity index (χ2v) is 4.51. The third-order valence-corrected chi connectivity index (χ3v) is 2.95. The molecule has 20 heavy (non-hydrogen) atoms. The smallest absolute Gasteiger partial charge is 0.328 e. The largest absolute Gasteiger partial charge is 0.478 e. The van der Waals surface area contributed by atoms with Crippen molar-refractivity contribution in [3.63, 3.8) is 0 Å². The maximum absolute atomic E-state index is 10.6. The first-order valence-corrected chi connectivity index (χ1v) is 6.40. The summed E-state index contributed by atoms with van der Waals surface area (Å²) in [7, 11) is 0. The zero-order chi connectivity index (χ0) is 14.4. The van der Waals surface area contributed by atoms with Gasteiger partial charge in [-0.25, -0.2) is 4.79 Å². The molecule has 0 saturated carbocycles. The Labute approximate surface area is 118 Å². The lowest BCUT2D eigenvalue weighted by atomic mass is 9.97. The fourth-order valence-electron chi connectivity index (χ4n) is 1.94. The molecule has 0 bridgehead atoms. The molecule has 0 fully saturated rings. The van der Waals surface area contributed by atoms with Crippen LogP contribution in [0, 0.1) is 6.92 Å². The Balaban J connectivity index is 2.44. The molecule has 0 aromatic heterocycles. The fourth-order valence-corrected chi connectivity index (χ4v) is 1.94. The number of rotatable bonds is 4. The van der Waals surface area contributed by atoms with Gasteiger partial charge in [0.1, 0.15) is 0 Å². The van der Waals surface area contributed by atoms with E-state index in [1.807, 2.05) is 67.6 Å². The zero-order valence-corrected chi connectivity index (χ0v) is 11.3. The van der Waals surface area contributed by atoms with Crippen molar-refractivity contribution in [2.24, 2.45) is 0 Å². The van der Waals surface area contributed by atoms with Crippen LogP contribution < -0.4 is 0 Å². The molecule has 2 rings (SSSR count). The van der Waals surface area contributed by atoms with E-state index in [2.05, 4.69) is 0 Å². The lowest BCUT2D eigenvalue weighted by Gasteiger charge is -2.08. The Morgan fingerprint density at radius 3 is 2.15 bits per heavy atom. The van der Waals surface area contributed by atoms with Gasteiger partial charge in [0, 0.05) is 6.08 Å². The SMILES string of the molecule is Cc1ccc(C(=CC=CC(=O)O)c2ccccc2)cc1.